The van der Waals surface area contributed by atoms with Crippen molar-refractivity contribution in [2.24, 2.45) is 0 Å². The number of H-pyrrole nitrogens is 1. The number of ether oxygens (including phenoxy) is 1. The molecule has 0 unspecified atom stereocenters. The molecule has 20 heavy (non-hydrogen) atoms. The van der Waals surface area contributed by atoms with Crippen molar-refractivity contribution in [3.63, 3.8) is 0 Å². The van der Waals surface area contributed by atoms with E-state index in [9.17, 15) is 0 Å². The summed E-state index contributed by atoms with van der Waals surface area (Å²) in [5.41, 5.74) is 1.18. The summed E-state index contributed by atoms with van der Waals surface area (Å²) in [6.07, 6.45) is 2.51. The highest BCUT2D eigenvalue weighted by atomic mass is 32.1. The van der Waals surface area contributed by atoms with E-state index in [1.165, 1.54) is 16.9 Å². The first kappa shape index (κ1) is 13.0. The van der Waals surface area contributed by atoms with E-state index in [0.717, 1.165) is 22.1 Å². The van der Waals surface area contributed by atoms with Gasteiger partial charge in [0.15, 0.2) is 0 Å². The van der Waals surface area contributed by atoms with E-state index in [1.807, 2.05) is 24.3 Å². The number of benzene rings is 1. The molecule has 0 spiro atoms. The van der Waals surface area contributed by atoms with Crippen LogP contribution in [0.4, 0.5) is 0 Å². The fourth-order valence-corrected chi connectivity index (χ4v) is 2.75. The molecule has 2 heterocycles. The van der Waals surface area contributed by atoms with Crippen LogP contribution in [0.1, 0.15) is 10.6 Å². The smallest absolute Gasteiger partial charge is 0.284 e. The van der Waals surface area contributed by atoms with Crippen molar-refractivity contribution in [2.75, 3.05) is 7.11 Å². The largest absolute Gasteiger partial charge is 0.497 e. The summed E-state index contributed by atoms with van der Waals surface area (Å²) in [6.45, 7) is 0. The second-order valence-corrected chi connectivity index (χ2v) is 5.55. The number of nitrogens with zero attached hydrogens (tertiary/aromatic N) is 2. The normalized spacial score (nSPS) is 10.7. The molecule has 1 aromatic carbocycles. The molecule has 0 fully saturated rings. The molecule has 0 aliphatic heterocycles. The molecule has 0 atom stereocenters. The van der Waals surface area contributed by atoms with Gasteiger partial charge in [-0.25, -0.2) is 10.1 Å². The highest BCUT2D eigenvalue weighted by molar-refractivity contribution is 7.71. The maximum atomic E-state index is 5.27. The monoisotopic (exact) mass is 305 g/mol. The fraction of sp³-hybridized carbons (Fsp3) is 0.154. The van der Waals surface area contributed by atoms with Crippen molar-refractivity contribution in [2.45, 2.75) is 6.42 Å². The first-order valence-electron chi connectivity index (χ1n) is 5.88. The molecule has 0 bridgehead atoms. The lowest BCUT2D eigenvalue weighted by molar-refractivity contribution is 0.414. The number of thiazole rings is 1. The van der Waals surface area contributed by atoms with Gasteiger partial charge in [0, 0.05) is 6.42 Å². The quantitative estimate of drug-likeness (QED) is 0.748. The third-order valence-corrected chi connectivity index (χ3v) is 3.88. The van der Waals surface area contributed by atoms with Crippen molar-refractivity contribution in [3.05, 3.63) is 45.9 Å². The van der Waals surface area contributed by atoms with Crippen LogP contribution < -0.4 is 4.74 Å². The Balaban J connectivity index is 1.78. The van der Waals surface area contributed by atoms with Gasteiger partial charge in [-0.05, 0) is 29.9 Å². The van der Waals surface area contributed by atoms with Gasteiger partial charge in [0.05, 0.1) is 18.3 Å². The van der Waals surface area contributed by atoms with Crippen LogP contribution in [0.5, 0.6) is 5.75 Å². The van der Waals surface area contributed by atoms with E-state index in [-0.39, 0.29) is 4.84 Å². The van der Waals surface area contributed by atoms with Gasteiger partial charge in [-0.2, -0.15) is 0 Å². The second kappa shape index (κ2) is 5.56. The molecule has 3 aromatic rings. The van der Waals surface area contributed by atoms with Crippen molar-refractivity contribution in [1.82, 2.24) is 15.2 Å². The van der Waals surface area contributed by atoms with Gasteiger partial charge in [0.25, 0.3) is 10.7 Å². The molecule has 7 heteroatoms. The lowest BCUT2D eigenvalue weighted by atomic mass is 10.1. The summed E-state index contributed by atoms with van der Waals surface area (Å²) in [5, 5.41) is 7.58. The molecule has 1 N–H and O–H groups in total. The third-order valence-electron chi connectivity index (χ3n) is 2.72. The Kier molecular flexibility index (Phi) is 3.62. The summed E-state index contributed by atoms with van der Waals surface area (Å²) in [7, 11) is 1.66. The summed E-state index contributed by atoms with van der Waals surface area (Å²) in [4.78, 5) is 5.51. The van der Waals surface area contributed by atoms with Crippen molar-refractivity contribution >= 4 is 23.6 Å². The molecule has 3 rings (SSSR count). The predicted molar refractivity (Wildman–Crippen MR) is 78.6 cm³/mol. The van der Waals surface area contributed by atoms with E-state index < -0.39 is 0 Å². The molecule has 102 valence electrons. The molecule has 0 saturated heterocycles. The topological polar surface area (TPSA) is 63.9 Å². The number of aromatic nitrogens is 3. The molecule has 0 aliphatic carbocycles. The SMILES string of the molecule is COc1ccc(Cc2ncc(-c3n[nH]c(=S)o3)s2)cc1. The van der Waals surface area contributed by atoms with Crippen LogP contribution in [0.25, 0.3) is 10.8 Å². The van der Waals surface area contributed by atoms with E-state index in [0.29, 0.717) is 5.89 Å². The average Bonchev–Trinajstić information content (AvgIpc) is 3.09. The maximum Gasteiger partial charge on any atom is 0.284 e. The number of hydrogen-bond acceptors (Lipinski definition) is 6. The van der Waals surface area contributed by atoms with Crippen molar-refractivity contribution < 1.29 is 9.15 Å². The number of rotatable bonds is 4. The Morgan fingerprint density at radius 1 is 1.35 bits per heavy atom. The summed E-state index contributed by atoms with van der Waals surface area (Å²) in [5.74, 6) is 1.33. The van der Waals surface area contributed by atoms with Crippen LogP contribution in [-0.2, 0) is 6.42 Å². The van der Waals surface area contributed by atoms with Gasteiger partial charge in [0.1, 0.15) is 10.6 Å². The zero-order valence-corrected chi connectivity index (χ0v) is 12.3. The minimum atomic E-state index is 0.269. The Morgan fingerprint density at radius 2 is 2.15 bits per heavy atom. The minimum absolute atomic E-state index is 0.269. The molecule has 0 saturated carbocycles. The van der Waals surface area contributed by atoms with E-state index >= 15 is 0 Å². The van der Waals surface area contributed by atoms with Crippen molar-refractivity contribution in [1.29, 1.82) is 0 Å². The lowest BCUT2D eigenvalue weighted by Crippen LogP contribution is -1.87. The lowest BCUT2D eigenvalue weighted by Gasteiger charge is -2.01. The maximum absolute atomic E-state index is 5.27. The van der Waals surface area contributed by atoms with Gasteiger partial charge in [0.2, 0.25) is 0 Å². The Morgan fingerprint density at radius 3 is 2.80 bits per heavy atom. The summed E-state index contributed by atoms with van der Waals surface area (Å²) < 4.78 is 10.4. The molecule has 0 radical (unpaired) electrons. The molecule has 2 aromatic heterocycles. The Bertz CT molecular complexity index is 758. The van der Waals surface area contributed by atoms with Crippen LogP contribution >= 0.6 is 23.6 Å². The van der Waals surface area contributed by atoms with Crippen LogP contribution in [0, 0.1) is 4.84 Å². The van der Waals surface area contributed by atoms with Crippen molar-refractivity contribution in [3.8, 4) is 16.5 Å². The zero-order chi connectivity index (χ0) is 13.9. The summed E-state index contributed by atoms with van der Waals surface area (Å²) >= 11 is 6.40. The highest BCUT2D eigenvalue weighted by Gasteiger charge is 2.09. The predicted octanol–water partition coefficient (Wildman–Crippen LogP) is 3.46. The number of nitrogens with one attached hydrogen (secondary N) is 1. The van der Waals surface area contributed by atoms with Gasteiger partial charge in [-0.3, -0.25) is 0 Å². The molecule has 0 amide bonds. The summed E-state index contributed by atoms with van der Waals surface area (Å²) in [6, 6.07) is 7.94. The second-order valence-electron chi connectivity index (χ2n) is 4.06. The van der Waals surface area contributed by atoms with Gasteiger partial charge < -0.3 is 9.15 Å². The Labute approximate surface area is 124 Å². The van der Waals surface area contributed by atoms with Crippen LogP contribution in [0.3, 0.4) is 0 Å². The number of aromatic amines is 1. The first-order chi connectivity index (χ1) is 9.74. The molecule has 0 aliphatic rings. The van der Waals surface area contributed by atoms with E-state index in [1.54, 1.807) is 13.3 Å². The average molecular weight is 305 g/mol. The fourth-order valence-electron chi connectivity index (χ4n) is 1.74. The van der Waals surface area contributed by atoms with Gasteiger partial charge in [-0.1, -0.05) is 12.1 Å². The van der Waals surface area contributed by atoms with Crippen LogP contribution in [0.2, 0.25) is 0 Å². The standard InChI is InChI=1S/C13H11N3O2S2/c1-17-9-4-2-8(3-5-9)6-11-14-7-10(20-11)12-15-16-13(19)18-12/h2-5,7H,6H2,1H3,(H,16,19). The third kappa shape index (κ3) is 2.78. The van der Waals surface area contributed by atoms with Gasteiger partial charge in [-0.15, -0.1) is 16.4 Å². The number of methoxy groups -OCH3 is 1. The van der Waals surface area contributed by atoms with Crippen LogP contribution in [0.15, 0.2) is 34.9 Å². The Hall–Kier alpha value is -1.99. The molecule has 5 nitrogen and oxygen atoms in total. The highest BCUT2D eigenvalue weighted by Crippen LogP contribution is 2.26. The van der Waals surface area contributed by atoms with E-state index in [2.05, 4.69) is 15.2 Å². The van der Waals surface area contributed by atoms with Gasteiger partial charge >= 0.3 is 0 Å². The molecular weight excluding hydrogens is 294 g/mol. The first-order valence-corrected chi connectivity index (χ1v) is 7.10. The molecular formula is C13H11N3O2S2. The zero-order valence-electron chi connectivity index (χ0n) is 10.6. The number of hydrogen-bond donors (Lipinski definition) is 1. The minimum Gasteiger partial charge on any atom is -0.497 e. The van der Waals surface area contributed by atoms with E-state index in [4.69, 9.17) is 21.4 Å². The van der Waals surface area contributed by atoms with Crippen LogP contribution in [-0.4, -0.2) is 22.3 Å².